The Hall–Kier alpha value is -1.22. The van der Waals surface area contributed by atoms with Crippen molar-refractivity contribution in [2.24, 2.45) is 0 Å². The van der Waals surface area contributed by atoms with Gasteiger partial charge in [-0.2, -0.15) is 4.72 Å². The highest BCUT2D eigenvalue weighted by atomic mass is 35.5. The van der Waals surface area contributed by atoms with E-state index in [4.69, 9.17) is 16.3 Å². The van der Waals surface area contributed by atoms with Crippen molar-refractivity contribution in [1.29, 1.82) is 0 Å². The number of sulfonamides is 1. The quantitative estimate of drug-likeness (QED) is 0.798. The van der Waals surface area contributed by atoms with Crippen LogP contribution in [0, 0.1) is 0 Å². The fraction of sp³-hybridized carbons (Fsp3) is 0.500. The number of carbonyl (C=O) groups excluding carboxylic acids is 1. The summed E-state index contributed by atoms with van der Waals surface area (Å²) in [6, 6.07) is 1.92. The van der Waals surface area contributed by atoms with Crippen LogP contribution >= 0.6 is 11.6 Å². The normalized spacial score (nSPS) is 17.5. The van der Waals surface area contributed by atoms with Crippen molar-refractivity contribution in [3.63, 3.8) is 0 Å². The highest BCUT2D eigenvalue weighted by Crippen LogP contribution is 2.18. The number of hydrogen-bond donors (Lipinski definition) is 1. The van der Waals surface area contributed by atoms with Crippen LogP contribution in [0.25, 0.3) is 0 Å². The van der Waals surface area contributed by atoms with E-state index in [0.29, 0.717) is 26.3 Å². The first-order chi connectivity index (χ1) is 9.92. The summed E-state index contributed by atoms with van der Waals surface area (Å²) < 4.78 is 31.9. The van der Waals surface area contributed by atoms with E-state index < -0.39 is 16.1 Å². The van der Waals surface area contributed by atoms with Gasteiger partial charge in [0.15, 0.2) is 0 Å². The number of aromatic nitrogens is 1. The van der Waals surface area contributed by atoms with Gasteiger partial charge in [-0.3, -0.25) is 4.79 Å². The highest BCUT2D eigenvalue weighted by molar-refractivity contribution is 7.89. The minimum absolute atomic E-state index is 0.129. The Morgan fingerprint density at radius 2 is 2.14 bits per heavy atom. The summed E-state index contributed by atoms with van der Waals surface area (Å²) in [6.45, 7) is 3.33. The fourth-order valence-electron chi connectivity index (χ4n) is 1.98. The van der Waals surface area contributed by atoms with Crippen molar-refractivity contribution < 1.29 is 17.9 Å². The third-order valence-electron chi connectivity index (χ3n) is 3.04. The summed E-state index contributed by atoms with van der Waals surface area (Å²) in [6.07, 6.45) is 1.39. The first kappa shape index (κ1) is 16.2. The number of rotatable bonds is 4. The maximum atomic E-state index is 12.2. The number of nitrogens with zero attached hydrogens (tertiary/aromatic N) is 2. The molecule has 0 bridgehead atoms. The van der Waals surface area contributed by atoms with Gasteiger partial charge in [0.1, 0.15) is 10.0 Å². The predicted octanol–water partition coefficient (Wildman–Crippen LogP) is 0.261. The Balaban J connectivity index is 2.09. The Labute approximate surface area is 128 Å². The molecule has 1 fully saturated rings. The third kappa shape index (κ3) is 3.91. The summed E-state index contributed by atoms with van der Waals surface area (Å²) in [7, 11) is -3.90. The average Bonchev–Trinajstić information content (AvgIpc) is 2.47. The highest BCUT2D eigenvalue weighted by Gasteiger charge is 2.28. The van der Waals surface area contributed by atoms with Crippen LogP contribution in [0.2, 0.25) is 5.15 Å². The van der Waals surface area contributed by atoms with E-state index in [-0.39, 0.29) is 16.0 Å². The van der Waals surface area contributed by atoms with Gasteiger partial charge in [-0.1, -0.05) is 11.6 Å². The van der Waals surface area contributed by atoms with E-state index in [1.165, 1.54) is 25.3 Å². The maximum absolute atomic E-state index is 12.2. The van der Waals surface area contributed by atoms with Crippen LogP contribution in [0.1, 0.15) is 6.92 Å². The molecule has 1 amide bonds. The molecule has 1 aliphatic heterocycles. The zero-order valence-electron chi connectivity index (χ0n) is 11.5. The molecule has 1 atom stereocenters. The topological polar surface area (TPSA) is 88.6 Å². The molecule has 7 nitrogen and oxygen atoms in total. The lowest BCUT2D eigenvalue weighted by Crippen LogP contribution is -2.50. The Morgan fingerprint density at radius 3 is 2.76 bits per heavy atom. The number of pyridine rings is 1. The smallest absolute Gasteiger partial charge is 0.244 e. The Morgan fingerprint density at radius 1 is 1.48 bits per heavy atom. The van der Waals surface area contributed by atoms with Gasteiger partial charge < -0.3 is 9.64 Å². The van der Waals surface area contributed by atoms with Gasteiger partial charge in [-0.25, -0.2) is 13.4 Å². The van der Waals surface area contributed by atoms with Crippen molar-refractivity contribution in [2.45, 2.75) is 17.9 Å². The molecular weight excluding hydrogens is 318 g/mol. The molecule has 1 unspecified atom stereocenters. The molecule has 0 aromatic carbocycles. The van der Waals surface area contributed by atoms with Crippen LogP contribution in [-0.4, -0.2) is 56.6 Å². The number of ether oxygens (including phenoxy) is 1. The standard InChI is InChI=1S/C12H16ClN3O4S/c1-9(12(17)16-5-7-20-8-6-16)15-21(18,19)10-3-2-4-14-11(10)13/h2-4,9,15H,5-8H2,1H3. The number of amides is 1. The summed E-state index contributed by atoms with van der Waals surface area (Å²) in [5.41, 5.74) is 0. The SMILES string of the molecule is CC(NS(=O)(=O)c1cccnc1Cl)C(=O)N1CCOCC1. The molecular formula is C12H16ClN3O4S. The third-order valence-corrected chi connectivity index (χ3v) is 5.03. The van der Waals surface area contributed by atoms with Crippen molar-refractivity contribution >= 4 is 27.5 Å². The van der Waals surface area contributed by atoms with Crippen molar-refractivity contribution in [2.75, 3.05) is 26.3 Å². The zero-order valence-corrected chi connectivity index (χ0v) is 13.0. The zero-order chi connectivity index (χ0) is 15.5. The molecule has 1 N–H and O–H groups in total. The van der Waals surface area contributed by atoms with Gasteiger partial charge in [-0.15, -0.1) is 0 Å². The van der Waals surface area contributed by atoms with E-state index in [2.05, 4.69) is 9.71 Å². The fourth-order valence-corrected chi connectivity index (χ4v) is 3.63. The van der Waals surface area contributed by atoms with Crippen LogP contribution in [0.15, 0.2) is 23.2 Å². The predicted molar refractivity (Wildman–Crippen MR) is 76.4 cm³/mol. The first-order valence-electron chi connectivity index (χ1n) is 6.41. The number of morpholine rings is 1. The molecule has 0 radical (unpaired) electrons. The van der Waals surface area contributed by atoms with Crippen molar-refractivity contribution in [3.05, 3.63) is 23.5 Å². The minimum atomic E-state index is -3.90. The van der Waals surface area contributed by atoms with Crippen LogP contribution in [0.4, 0.5) is 0 Å². The van der Waals surface area contributed by atoms with E-state index in [9.17, 15) is 13.2 Å². The van der Waals surface area contributed by atoms with Crippen molar-refractivity contribution in [1.82, 2.24) is 14.6 Å². The summed E-state index contributed by atoms with van der Waals surface area (Å²) >= 11 is 5.78. The van der Waals surface area contributed by atoms with Crippen LogP contribution < -0.4 is 4.72 Å². The van der Waals surface area contributed by atoms with Crippen LogP contribution in [-0.2, 0) is 19.6 Å². The lowest BCUT2D eigenvalue weighted by Gasteiger charge is -2.29. The van der Waals surface area contributed by atoms with Gasteiger partial charge >= 0.3 is 0 Å². The van der Waals surface area contributed by atoms with Crippen LogP contribution in [0.5, 0.6) is 0 Å². The van der Waals surface area contributed by atoms with E-state index >= 15 is 0 Å². The Bertz CT molecular complexity index is 617. The van der Waals surface area contributed by atoms with Crippen molar-refractivity contribution in [3.8, 4) is 0 Å². The average molecular weight is 334 g/mol. The number of carbonyl (C=O) groups is 1. The monoisotopic (exact) mass is 333 g/mol. The van der Waals surface area contributed by atoms with Gasteiger partial charge in [0.25, 0.3) is 0 Å². The van der Waals surface area contributed by atoms with E-state index in [1.54, 1.807) is 4.90 Å². The Kier molecular flexibility index (Phi) is 5.15. The molecule has 1 aromatic rings. The molecule has 1 aliphatic rings. The second kappa shape index (κ2) is 6.69. The van der Waals surface area contributed by atoms with Gasteiger partial charge in [0, 0.05) is 19.3 Å². The lowest BCUT2D eigenvalue weighted by molar-refractivity contribution is -0.136. The molecule has 1 aromatic heterocycles. The maximum Gasteiger partial charge on any atom is 0.244 e. The number of hydrogen-bond acceptors (Lipinski definition) is 5. The second-order valence-electron chi connectivity index (χ2n) is 4.57. The molecule has 2 heterocycles. The first-order valence-corrected chi connectivity index (χ1v) is 8.27. The largest absolute Gasteiger partial charge is 0.378 e. The summed E-state index contributed by atoms with van der Waals surface area (Å²) in [4.78, 5) is 17.3. The second-order valence-corrected chi connectivity index (χ2v) is 6.61. The van der Waals surface area contributed by atoms with Gasteiger partial charge in [0.2, 0.25) is 15.9 Å². The van der Waals surface area contributed by atoms with E-state index in [0.717, 1.165) is 0 Å². The van der Waals surface area contributed by atoms with E-state index in [1.807, 2.05) is 0 Å². The van der Waals surface area contributed by atoms with Crippen LogP contribution in [0.3, 0.4) is 0 Å². The van der Waals surface area contributed by atoms with Gasteiger partial charge in [-0.05, 0) is 19.1 Å². The molecule has 9 heteroatoms. The van der Waals surface area contributed by atoms with Gasteiger partial charge in [0.05, 0.1) is 19.3 Å². The molecule has 1 saturated heterocycles. The molecule has 116 valence electrons. The molecule has 0 aliphatic carbocycles. The minimum Gasteiger partial charge on any atom is -0.378 e. The molecule has 2 rings (SSSR count). The molecule has 0 saturated carbocycles. The summed E-state index contributed by atoms with van der Waals surface area (Å²) in [5, 5.41) is -0.129. The summed E-state index contributed by atoms with van der Waals surface area (Å²) in [5.74, 6) is -0.290. The molecule has 21 heavy (non-hydrogen) atoms. The number of halogens is 1. The number of nitrogens with one attached hydrogen (secondary N) is 1. The lowest BCUT2D eigenvalue weighted by atomic mass is 10.3. The molecule has 0 spiro atoms.